The van der Waals surface area contributed by atoms with Crippen LogP contribution in [0.15, 0.2) is 4.63 Å². The molecule has 10 heavy (non-hydrogen) atoms. The lowest BCUT2D eigenvalue weighted by Gasteiger charge is -1.90. The van der Waals surface area contributed by atoms with E-state index in [2.05, 4.69) is 21.9 Å². The third-order valence-electron chi connectivity index (χ3n) is 1.35. The van der Waals surface area contributed by atoms with Gasteiger partial charge in [0.25, 0.3) is 0 Å². The highest BCUT2D eigenvalue weighted by Crippen LogP contribution is 2.07. The lowest BCUT2D eigenvalue weighted by atomic mass is 10.2. The monoisotopic (exact) mass is 141 g/mol. The smallest absolute Gasteiger partial charge is 0.191 e. The van der Waals surface area contributed by atoms with Crippen LogP contribution >= 0.6 is 0 Å². The molecule has 0 bridgehead atoms. The standard InChI is InChI=1S/C6H11N3O/c1-2-3-4-5-6(7)9-10-8-5/h2-4H2,1H3,(H2,7,9). The van der Waals surface area contributed by atoms with E-state index in [-0.39, 0.29) is 0 Å². The number of aryl methyl sites for hydroxylation is 1. The second-order valence-electron chi connectivity index (χ2n) is 2.20. The number of hydrogen-bond donors (Lipinski definition) is 1. The number of rotatable bonds is 3. The van der Waals surface area contributed by atoms with Crippen molar-refractivity contribution in [2.75, 3.05) is 5.73 Å². The highest BCUT2D eigenvalue weighted by Gasteiger charge is 2.03. The van der Waals surface area contributed by atoms with E-state index in [4.69, 9.17) is 5.73 Å². The molecule has 56 valence electrons. The van der Waals surface area contributed by atoms with Gasteiger partial charge in [0.15, 0.2) is 5.82 Å². The Hall–Kier alpha value is -1.06. The quantitative estimate of drug-likeness (QED) is 0.681. The van der Waals surface area contributed by atoms with Crippen LogP contribution in [-0.2, 0) is 6.42 Å². The molecule has 0 aliphatic heterocycles. The summed E-state index contributed by atoms with van der Waals surface area (Å²) in [6.45, 7) is 2.11. The number of unbranched alkanes of at least 4 members (excludes halogenated alkanes) is 1. The van der Waals surface area contributed by atoms with E-state index in [1.807, 2.05) is 0 Å². The molecule has 0 spiro atoms. The van der Waals surface area contributed by atoms with Crippen molar-refractivity contribution in [3.8, 4) is 0 Å². The maximum absolute atomic E-state index is 5.41. The van der Waals surface area contributed by atoms with Crippen LogP contribution in [0.3, 0.4) is 0 Å². The van der Waals surface area contributed by atoms with E-state index in [0.29, 0.717) is 5.82 Å². The molecule has 4 heteroatoms. The van der Waals surface area contributed by atoms with E-state index in [1.165, 1.54) is 0 Å². The first kappa shape index (κ1) is 7.05. The molecular formula is C6H11N3O. The summed E-state index contributed by atoms with van der Waals surface area (Å²) in [7, 11) is 0. The fraction of sp³-hybridized carbons (Fsp3) is 0.667. The van der Waals surface area contributed by atoms with Crippen LogP contribution in [-0.4, -0.2) is 10.3 Å². The van der Waals surface area contributed by atoms with Gasteiger partial charge in [0.2, 0.25) is 0 Å². The van der Waals surface area contributed by atoms with Crippen LogP contribution in [0.5, 0.6) is 0 Å². The SMILES string of the molecule is CCCCc1nonc1N. The topological polar surface area (TPSA) is 64.9 Å². The van der Waals surface area contributed by atoms with Gasteiger partial charge in [-0.25, -0.2) is 4.63 Å². The molecule has 0 amide bonds. The lowest BCUT2D eigenvalue weighted by Crippen LogP contribution is -1.92. The number of nitrogens with two attached hydrogens (primary N) is 1. The maximum atomic E-state index is 5.41. The Morgan fingerprint density at radius 1 is 1.50 bits per heavy atom. The average Bonchev–Trinajstić information content (AvgIpc) is 2.31. The van der Waals surface area contributed by atoms with Crippen molar-refractivity contribution >= 4 is 5.82 Å². The van der Waals surface area contributed by atoms with Gasteiger partial charge in [-0.3, -0.25) is 0 Å². The highest BCUT2D eigenvalue weighted by molar-refractivity contribution is 5.30. The number of hydrogen-bond acceptors (Lipinski definition) is 4. The minimum atomic E-state index is 0.424. The van der Waals surface area contributed by atoms with Crippen LogP contribution in [0.1, 0.15) is 25.5 Å². The van der Waals surface area contributed by atoms with Crippen molar-refractivity contribution in [3.05, 3.63) is 5.69 Å². The van der Waals surface area contributed by atoms with E-state index < -0.39 is 0 Å². The van der Waals surface area contributed by atoms with Gasteiger partial charge in [-0.15, -0.1) is 0 Å². The molecule has 1 heterocycles. The zero-order chi connectivity index (χ0) is 7.40. The number of nitrogens with zero attached hydrogens (tertiary/aromatic N) is 2. The molecule has 1 rings (SSSR count). The fourth-order valence-electron chi connectivity index (χ4n) is 0.731. The first-order valence-corrected chi connectivity index (χ1v) is 3.41. The first-order valence-electron chi connectivity index (χ1n) is 3.41. The molecule has 4 nitrogen and oxygen atoms in total. The third-order valence-corrected chi connectivity index (χ3v) is 1.35. The van der Waals surface area contributed by atoms with Crippen molar-refractivity contribution in [1.29, 1.82) is 0 Å². The first-order chi connectivity index (χ1) is 4.84. The van der Waals surface area contributed by atoms with E-state index in [1.54, 1.807) is 0 Å². The molecule has 0 atom stereocenters. The molecule has 2 N–H and O–H groups in total. The summed E-state index contributed by atoms with van der Waals surface area (Å²) in [6.07, 6.45) is 3.08. The molecule has 0 saturated carbocycles. The molecule has 0 saturated heterocycles. The van der Waals surface area contributed by atoms with Crippen LogP contribution in [0.25, 0.3) is 0 Å². The number of aromatic nitrogens is 2. The highest BCUT2D eigenvalue weighted by atomic mass is 16.6. The summed E-state index contributed by atoms with van der Waals surface area (Å²) in [5, 5.41) is 7.10. The van der Waals surface area contributed by atoms with Crippen molar-refractivity contribution < 1.29 is 4.63 Å². The molecular weight excluding hydrogens is 130 g/mol. The van der Waals surface area contributed by atoms with Gasteiger partial charge in [0.1, 0.15) is 5.69 Å². The molecule has 0 fully saturated rings. The molecule has 0 aliphatic rings. The Bertz CT molecular complexity index is 197. The summed E-state index contributed by atoms with van der Waals surface area (Å²) in [6, 6.07) is 0. The molecule has 1 aromatic rings. The Labute approximate surface area is 59.4 Å². The molecule has 0 radical (unpaired) electrons. The van der Waals surface area contributed by atoms with Crippen molar-refractivity contribution in [1.82, 2.24) is 10.3 Å². The van der Waals surface area contributed by atoms with Gasteiger partial charge in [0.05, 0.1) is 0 Å². The zero-order valence-corrected chi connectivity index (χ0v) is 6.00. The average molecular weight is 141 g/mol. The van der Waals surface area contributed by atoms with Crippen LogP contribution in [0, 0.1) is 0 Å². The summed E-state index contributed by atoms with van der Waals surface area (Å²) in [5.74, 6) is 0.424. The van der Waals surface area contributed by atoms with E-state index in [9.17, 15) is 0 Å². The zero-order valence-electron chi connectivity index (χ0n) is 6.00. The molecule has 0 aromatic carbocycles. The van der Waals surface area contributed by atoms with Gasteiger partial charge in [-0.05, 0) is 18.0 Å². The van der Waals surface area contributed by atoms with Gasteiger partial charge >= 0.3 is 0 Å². The lowest BCUT2D eigenvalue weighted by molar-refractivity contribution is 0.304. The second kappa shape index (κ2) is 3.20. The Morgan fingerprint density at radius 3 is 2.80 bits per heavy atom. The third kappa shape index (κ3) is 1.46. The largest absolute Gasteiger partial charge is 0.379 e. The van der Waals surface area contributed by atoms with E-state index in [0.717, 1.165) is 25.0 Å². The van der Waals surface area contributed by atoms with Crippen LogP contribution in [0.2, 0.25) is 0 Å². The summed E-state index contributed by atoms with van der Waals surface area (Å²) in [5.41, 5.74) is 6.19. The predicted octanol–water partition coefficient (Wildman–Crippen LogP) is 0.994. The Balaban J connectivity index is 2.49. The second-order valence-corrected chi connectivity index (χ2v) is 2.20. The molecule has 0 aliphatic carbocycles. The van der Waals surface area contributed by atoms with Gasteiger partial charge in [-0.2, -0.15) is 0 Å². The van der Waals surface area contributed by atoms with Gasteiger partial charge in [-0.1, -0.05) is 18.5 Å². The Kier molecular flexibility index (Phi) is 2.25. The maximum Gasteiger partial charge on any atom is 0.191 e. The van der Waals surface area contributed by atoms with Gasteiger partial charge < -0.3 is 5.73 Å². The van der Waals surface area contributed by atoms with Crippen molar-refractivity contribution in [2.45, 2.75) is 26.2 Å². The molecule has 1 aromatic heterocycles. The number of anilines is 1. The summed E-state index contributed by atoms with van der Waals surface area (Å²) in [4.78, 5) is 0. The van der Waals surface area contributed by atoms with E-state index >= 15 is 0 Å². The van der Waals surface area contributed by atoms with Crippen molar-refractivity contribution in [2.24, 2.45) is 0 Å². The minimum Gasteiger partial charge on any atom is -0.379 e. The van der Waals surface area contributed by atoms with Crippen LogP contribution in [0.4, 0.5) is 5.82 Å². The predicted molar refractivity (Wildman–Crippen MR) is 37.3 cm³/mol. The summed E-state index contributed by atoms with van der Waals surface area (Å²) < 4.78 is 4.42. The normalized spacial score (nSPS) is 10.1. The number of nitrogen functional groups attached to an aromatic ring is 1. The fourth-order valence-corrected chi connectivity index (χ4v) is 0.731. The van der Waals surface area contributed by atoms with Gasteiger partial charge in [0, 0.05) is 0 Å². The minimum absolute atomic E-state index is 0.424. The Morgan fingerprint density at radius 2 is 2.30 bits per heavy atom. The van der Waals surface area contributed by atoms with Crippen LogP contribution < -0.4 is 5.73 Å². The summed E-state index contributed by atoms with van der Waals surface area (Å²) >= 11 is 0. The van der Waals surface area contributed by atoms with Crippen molar-refractivity contribution in [3.63, 3.8) is 0 Å². The molecule has 0 unspecified atom stereocenters.